The van der Waals surface area contributed by atoms with Crippen molar-refractivity contribution in [3.8, 4) is 5.69 Å². The Bertz CT molecular complexity index is 1150. The highest BCUT2D eigenvalue weighted by Crippen LogP contribution is 2.24. The van der Waals surface area contributed by atoms with Crippen LogP contribution in [0.15, 0.2) is 60.8 Å². The summed E-state index contributed by atoms with van der Waals surface area (Å²) in [6, 6.07) is 16.1. The number of aromatic nitrogens is 3. The van der Waals surface area contributed by atoms with Crippen molar-refractivity contribution >= 4 is 22.4 Å². The highest BCUT2D eigenvalue weighted by atomic mass is 32.1. The van der Waals surface area contributed by atoms with Gasteiger partial charge in [-0.2, -0.15) is 5.10 Å². The highest BCUT2D eigenvalue weighted by Gasteiger charge is 2.20. The lowest BCUT2D eigenvalue weighted by atomic mass is 10.1. The molecular weight excluding hydrogens is 387 g/mol. The first-order valence-corrected chi connectivity index (χ1v) is 9.95. The Morgan fingerprint density at radius 2 is 1.83 bits per heavy atom. The zero-order valence-electron chi connectivity index (χ0n) is 16.0. The second-order valence-corrected chi connectivity index (χ2v) is 7.80. The van der Waals surface area contributed by atoms with Gasteiger partial charge in [-0.25, -0.2) is 14.1 Å². The first-order valence-electron chi connectivity index (χ1n) is 9.13. The summed E-state index contributed by atoms with van der Waals surface area (Å²) in [7, 11) is 0. The van der Waals surface area contributed by atoms with Crippen LogP contribution in [0.5, 0.6) is 0 Å². The van der Waals surface area contributed by atoms with Gasteiger partial charge in [0.1, 0.15) is 5.82 Å². The van der Waals surface area contributed by atoms with E-state index in [1.165, 1.54) is 23.5 Å². The van der Waals surface area contributed by atoms with E-state index in [0.717, 1.165) is 21.8 Å². The molecule has 0 aliphatic carbocycles. The topological polar surface area (TPSA) is 59.8 Å². The maximum absolute atomic E-state index is 13.0. The lowest BCUT2D eigenvalue weighted by Crippen LogP contribution is -2.14. The number of carbonyl (C=O) groups excluding carboxylic acids is 1. The zero-order chi connectivity index (χ0) is 20.4. The van der Waals surface area contributed by atoms with Crippen LogP contribution in [0.1, 0.15) is 32.2 Å². The highest BCUT2D eigenvalue weighted by molar-refractivity contribution is 7.15. The number of anilines is 1. The predicted octanol–water partition coefficient (Wildman–Crippen LogP) is 4.93. The Morgan fingerprint density at radius 1 is 1.10 bits per heavy atom. The Labute approximate surface area is 171 Å². The summed E-state index contributed by atoms with van der Waals surface area (Å²) in [6.07, 6.45) is 2.37. The molecule has 0 unspecified atom stereocenters. The van der Waals surface area contributed by atoms with Gasteiger partial charge in [-0.05, 0) is 43.7 Å². The first-order chi connectivity index (χ1) is 14.0. The van der Waals surface area contributed by atoms with Gasteiger partial charge in [-0.1, -0.05) is 30.3 Å². The summed E-state index contributed by atoms with van der Waals surface area (Å²) in [4.78, 5) is 18.2. The van der Waals surface area contributed by atoms with Gasteiger partial charge < -0.3 is 0 Å². The van der Waals surface area contributed by atoms with E-state index in [1.54, 1.807) is 23.0 Å². The van der Waals surface area contributed by atoms with Crippen LogP contribution in [0.4, 0.5) is 9.52 Å². The summed E-state index contributed by atoms with van der Waals surface area (Å²) < 4.78 is 14.8. The average molecular weight is 406 g/mol. The number of rotatable bonds is 5. The van der Waals surface area contributed by atoms with E-state index in [2.05, 4.69) is 15.4 Å². The van der Waals surface area contributed by atoms with E-state index in [9.17, 15) is 9.18 Å². The summed E-state index contributed by atoms with van der Waals surface area (Å²) in [5.74, 6) is -0.488. The van der Waals surface area contributed by atoms with Crippen LogP contribution in [-0.4, -0.2) is 20.7 Å². The van der Waals surface area contributed by atoms with Crippen LogP contribution in [0.25, 0.3) is 5.69 Å². The Hall–Kier alpha value is -3.32. The molecule has 2 aromatic heterocycles. The minimum atomic E-state index is -0.257. The Kier molecular flexibility index (Phi) is 5.22. The third kappa shape index (κ3) is 4.09. The molecule has 0 radical (unpaired) electrons. The maximum atomic E-state index is 13.0. The second kappa shape index (κ2) is 7.97. The molecule has 1 N–H and O–H groups in total. The molecule has 1 amide bonds. The van der Waals surface area contributed by atoms with Crippen molar-refractivity contribution in [1.29, 1.82) is 0 Å². The molecule has 2 heterocycles. The van der Waals surface area contributed by atoms with Crippen molar-refractivity contribution in [2.45, 2.75) is 20.3 Å². The van der Waals surface area contributed by atoms with E-state index in [-0.39, 0.29) is 11.7 Å². The minimum absolute atomic E-state index is 0.232. The number of benzene rings is 2. The van der Waals surface area contributed by atoms with Crippen LogP contribution >= 0.6 is 11.3 Å². The number of para-hydroxylation sites is 1. The number of nitrogens with one attached hydrogen (secondary N) is 1. The van der Waals surface area contributed by atoms with Gasteiger partial charge in [0.2, 0.25) is 0 Å². The minimum Gasteiger partial charge on any atom is -0.298 e. The fourth-order valence-corrected chi connectivity index (χ4v) is 4.04. The molecule has 4 rings (SSSR count). The molecule has 0 aliphatic rings. The number of amides is 1. The van der Waals surface area contributed by atoms with Gasteiger partial charge in [0.15, 0.2) is 5.13 Å². The summed E-state index contributed by atoms with van der Waals surface area (Å²) in [5, 5.41) is 7.92. The van der Waals surface area contributed by atoms with Crippen molar-refractivity contribution in [3.05, 3.63) is 94.0 Å². The SMILES string of the molecule is Cc1nn(-c2ccccc2)c(C)c1C(=O)Nc1ncc(Cc2ccc(F)cc2)s1. The molecule has 0 fully saturated rings. The smallest absolute Gasteiger partial charge is 0.261 e. The number of nitrogens with zero attached hydrogens (tertiary/aromatic N) is 3. The molecule has 2 aromatic carbocycles. The van der Waals surface area contributed by atoms with Crippen LogP contribution in [0.2, 0.25) is 0 Å². The lowest BCUT2D eigenvalue weighted by Gasteiger charge is -2.05. The van der Waals surface area contributed by atoms with Gasteiger partial charge in [0.25, 0.3) is 5.91 Å². The number of hydrogen-bond acceptors (Lipinski definition) is 4. The molecule has 0 spiro atoms. The molecule has 0 aliphatic heterocycles. The molecule has 0 saturated heterocycles. The first kappa shape index (κ1) is 19.0. The van der Waals surface area contributed by atoms with E-state index >= 15 is 0 Å². The van der Waals surface area contributed by atoms with Crippen LogP contribution in [-0.2, 0) is 6.42 Å². The van der Waals surface area contributed by atoms with E-state index in [0.29, 0.717) is 22.8 Å². The standard InChI is InChI=1S/C22H19FN4OS/c1-14-20(15(2)27(26-14)18-6-4-3-5-7-18)21(28)25-22-24-13-19(29-22)12-16-8-10-17(23)11-9-16/h3-11,13H,12H2,1-2H3,(H,24,25,28). The quantitative estimate of drug-likeness (QED) is 0.511. The molecule has 4 aromatic rings. The van der Waals surface area contributed by atoms with Crippen LogP contribution in [0, 0.1) is 19.7 Å². The van der Waals surface area contributed by atoms with Gasteiger partial charge in [0.05, 0.1) is 22.6 Å². The largest absolute Gasteiger partial charge is 0.298 e. The molecular formula is C22H19FN4OS. The van der Waals surface area contributed by atoms with Crippen LogP contribution in [0.3, 0.4) is 0 Å². The summed E-state index contributed by atoms with van der Waals surface area (Å²) in [5.41, 5.74) is 3.87. The van der Waals surface area contributed by atoms with Crippen molar-refractivity contribution in [2.75, 3.05) is 5.32 Å². The van der Waals surface area contributed by atoms with Gasteiger partial charge in [0, 0.05) is 17.5 Å². The molecule has 29 heavy (non-hydrogen) atoms. The fraction of sp³-hybridized carbons (Fsp3) is 0.136. The number of aryl methyl sites for hydroxylation is 1. The van der Waals surface area contributed by atoms with Gasteiger partial charge in [-0.3, -0.25) is 10.1 Å². The van der Waals surface area contributed by atoms with E-state index in [1.807, 2.05) is 44.2 Å². The number of halogens is 1. The normalized spacial score (nSPS) is 10.9. The Morgan fingerprint density at radius 3 is 2.55 bits per heavy atom. The maximum Gasteiger partial charge on any atom is 0.261 e. The molecule has 0 atom stereocenters. The van der Waals surface area contributed by atoms with Crippen LogP contribution < -0.4 is 5.32 Å². The fourth-order valence-electron chi connectivity index (χ4n) is 3.20. The molecule has 0 saturated carbocycles. The second-order valence-electron chi connectivity index (χ2n) is 6.68. The van der Waals surface area contributed by atoms with Crippen molar-refractivity contribution in [2.24, 2.45) is 0 Å². The third-order valence-corrected chi connectivity index (χ3v) is 5.50. The van der Waals surface area contributed by atoms with Gasteiger partial charge >= 0.3 is 0 Å². The average Bonchev–Trinajstić information content (AvgIpc) is 3.27. The lowest BCUT2D eigenvalue weighted by molar-refractivity contribution is 0.102. The van der Waals surface area contributed by atoms with Crippen molar-refractivity contribution < 1.29 is 9.18 Å². The molecule has 7 heteroatoms. The predicted molar refractivity (Wildman–Crippen MR) is 112 cm³/mol. The van der Waals surface area contributed by atoms with Crippen molar-refractivity contribution in [1.82, 2.24) is 14.8 Å². The van der Waals surface area contributed by atoms with Gasteiger partial charge in [-0.15, -0.1) is 11.3 Å². The zero-order valence-corrected chi connectivity index (χ0v) is 16.8. The molecule has 146 valence electrons. The molecule has 0 bridgehead atoms. The van der Waals surface area contributed by atoms with Crippen molar-refractivity contribution in [3.63, 3.8) is 0 Å². The summed E-state index contributed by atoms with van der Waals surface area (Å²) in [6.45, 7) is 3.70. The number of carbonyl (C=O) groups is 1. The Balaban J connectivity index is 1.51. The monoisotopic (exact) mass is 406 g/mol. The summed E-state index contributed by atoms with van der Waals surface area (Å²) >= 11 is 1.41. The van der Waals surface area contributed by atoms with E-state index < -0.39 is 0 Å². The van der Waals surface area contributed by atoms with E-state index in [4.69, 9.17) is 0 Å². The number of hydrogen-bond donors (Lipinski definition) is 1. The molecule has 5 nitrogen and oxygen atoms in total. The number of thiazole rings is 1. The third-order valence-electron chi connectivity index (χ3n) is 4.58.